The summed E-state index contributed by atoms with van der Waals surface area (Å²) in [7, 11) is 0. The number of nitrogens with one attached hydrogen (secondary N) is 2. The van der Waals surface area contributed by atoms with Crippen molar-refractivity contribution in [2.75, 3.05) is 10.6 Å². The van der Waals surface area contributed by atoms with Crippen molar-refractivity contribution in [2.24, 2.45) is 0 Å². The van der Waals surface area contributed by atoms with Gasteiger partial charge in [0.1, 0.15) is 0 Å². The Morgan fingerprint density at radius 3 is 1.81 bits per heavy atom. The zero-order valence-corrected chi connectivity index (χ0v) is 13.8. The fourth-order valence-corrected chi connectivity index (χ4v) is 2.33. The number of amides is 2. The molecule has 2 N–H and O–H groups in total. The lowest BCUT2D eigenvalue weighted by atomic mass is 10.2. The molecule has 0 atom stereocenters. The molecular formula is C19H14F3N3O2. The summed E-state index contributed by atoms with van der Waals surface area (Å²) in [5.41, 5.74) is 1.70. The molecule has 0 saturated heterocycles. The van der Waals surface area contributed by atoms with E-state index in [2.05, 4.69) is 5.32 Å². The number of benzene rings is 2. The van der Waals surface area contributed by atoms with Gasteiger partial charge in [0.2, 0.25) is 0 Å². The van der Waals surface area contributed by atoms with Crippen molar-refractivity contribution in [3.8, 4) is 5.69 Å². The molecule has 0 unspecified atom stereocenters. The van der Waals surface area contributed by atoms with Gasteiger partial charge in [-0.1, -0.05) is 0 Å². The molecule has 0 saturated carbocycles. The van der Waals surface area contributed by atoms with Gasteiger partial charge < -0.3 is 15.2 Å². The summed E-state index contributed by atoms with van der Waals surface area (Å²) in [6.45, 7) is 0. The molecule has 0 aliphatic carbocycles. The number of rotatable bonds is 4. The van der Waals surface area contributed by atoms with Crippen molar-refractivity contribution >= 4 is 23.2 Å². The van der Waals surface area contributed by atoms with Crippen molar-refractivity contribution in [2.45, 2.75) is 6.18 Å². The second-order valence-corrected chi connectivity index (χ2v) is 5.62. The molecule has 0 spiro atoms. The maximum absolute atomic E-state index is 12.3. The summed E-state index contributed by atoms with van der Waals surface area (Å²) >= 11 is 0. The van der Waals surface area contributed by atoms with E-state index in [0.29, 0.717) is 11.3 Å². The minimum absolute atomic E-state index is 0.0219. The number of aromatic nitrogens is 1. The lowest BCUT2D eigenvalue weighted by molar-refractivity contribution is -0.167. The van der Waals surface area contributed by atoms with Crippen LogP contribution in [0.3, 0.4) is 0 Å². The number of carbonyl (C=O) groups is 2. The Morgan fingerprint density at radius 1 is 0.778 bits per heavy atom. The predicted octanol–water partition coefficient (Wildman–Crippen LogP) is 4.23. The molecule has 5 nitrogen and oxygen atoms in total. The van der Waals surface area contributed by atoms with E-state index in [4.69, 9.17) is 0 Å². The number of hydrogen-bond donors (Lipinski definition) is 2. The molecule has 138 valence electrons. The molecule has 3 rings (SSSR count). The van der Waals surface area contributed by atoms with E-state index in [0.717, 1.165) is 5.69 Å². The van der Waals surface area contributed by atoms with Gasteiger partial charge in [-0.25, -0.2) is 0 Å². The fourth-order valence-electron chi connectivity index (χ4n) is 2.33. The van der Waals surface area contributed by atoms with E-state index in [1.807, 2.05) is 29.1 Å². The van der Waals surface area contributed by atoms with Crippen LogP contribution < -0.4 is 10.6 Å². The summed E-state index contributed by atoms with van der Waals surface area (Å²) in [4.78, 5) is 23.2. The Balaban J connectivity index is 1.63. The van der Waals surface area contributed by atoms with Gasteiger partial charge in [-0.05, 0) is 60.7 Å². The van der Waals surface area contributed by atoms with Crippen LogP contribution in [0.4, 0.5) is 24.5 Å². The van der Waals surface area contributed by atoms with Crippen LogP contribution in [-0.4, -0.2) is 22.6 Å². The first-order valence-corrected chi connectivity index (χ1v) is 7.86. The lowest BCUT2D eigenvalue weighted by Crippen LogP contribution is -2.29. The Kier molecular flexibility index (Phi) is 4.98. The molecule has 1 aromatic heterocycles. The van der Waals surface area contributed by atoms with Crippen molar-refractivity contribution in [3.63, 3.8) is 0 Å². The summed E-state index contributed by atoms with van der Waals surface area (Å²) in [5, 5.41) is 4.38. The molecule has 0 aliphatic rings. The summed E-state index contributed by atoms with van der Waals surface area (Å²) < 4.78 is 38.6. The highest BCUT2D eigenvalue weighted by Crippen LogP contribution is 2.20. The second-order valence-electron chi connectivity index (χ2n) is 5.62. The number of carbonyl (C=O) groups excluding carboxylic acids is 2. The van der Waals surface area contributed by atoms with Gasteiger partial charge in [-0.3, -0.25) is 9.59 Å². The van der Waals surface area contributed by atoms with Gasteiger partial charge in [0.15, 0.2) is 0 Å². The second kappa shape index (κ2) is 7.36. The van der Waals surface area contributed by atoms with Crippen LogP contribution in [0.2, 0.25) is 0 Å². The van der Waals surface area contributed by atoms with E-state index >= 15 is 0 Å². The first-order valence-electron chi connectivity index (χ1n) is 7.86. The van der Waals surface area contributed by atoms with E-state index in [-0.39, 0.29) is 11.6 Å². The van der Waals surface area contributed by atoms with E-state index in [1.54, 1.807) is 29.6 Å². The third-order valence-electron chi connectivity index (χ3n) is 3.69. The van der Waals surface area contributed by atoms with E-state index in [9.17, 15) is 22.8 Å². The molecule has 2 amide bonds. The van der Waals surface area contributed by atoms with Crippen LogP contribution in [0, 0.1) is 0 Å². The third-order valence-corrected chi connectivity index (χ3v) is 3.69. The van der Waals surface area contributed by atoms with Crippen molar-refractivity contribution < 1.29 is 22.8 Å². The average molecular weight is 373 g/mol. The number of alkyl halides is 3. The van der Waals surface area contributed by atoms with Crippen molar-refractivity contribution in [3.05, 3.63) is 78.6 Å². The van der Waals surface area contributed by atoms with Crippen LogP contribution >= 0.6 is 0 Å². The number of nitrogens with zero attached hydrogens (tertiary/aromatic N) is 1. The van der Waals surface area contributed by atoms with Crippen LogP contribution in [0.5, 0.6) is 0 Å². The Hall–Kier alpha value is -3.55. The molecule has 0 radical (unpaired) electrons. The normalized spacial score (nSPS) is 11.1. The molecular weight excluding hydrogens is 359 g/mol. The highest BCUT2D eigenvalue weighted by molar-refractivity contribution is 6.04. The monoisotopic (exact) mass is 373 g/mol. The quantitative estimate of drug-likeness (QED) is 0.719. The summed E-state index contributed by atoms with van der Waals surface area (Å²) in [6.07, 6.45) is -1.19. The minimum Gasteiger partial charge on any atom is -0.324 e. The van der Waals surface area contributed by atoms with Gasteiger partial charge in [0, 0.05) is 35.0 Å². The van der Waals surface area contributed by atoms with Gasteiger partial charge in [-0.2, -0.15) is 13.2 Å². The Bertz CT molecular complexity index is 932. The average Bonchev–Trinajstić information content (AvgIpc) is 3.17. The van der Waals surface area contributed by atoms with Gasteiger partial charge in [0.05, 0.1) is 0 Å². The minimum atomic E-state index is -4.96. The van der Waals surface area contributed by atoms with Gasteiger partial charge in [-0.15, -0.1) is 0 Å². The smallest absolute Gasteiger partial charge is 0.324 e. The Labute approximate surface area is 152 Å². The number of halogens is 3. The maximum atomic E-state index is 12.3. The first kappa shape index (κ1) is 18.2. The van der Waals surface area contributed by atoms with Gasteiger partial charge in [0.25, 0.3) is 5.91 Å². The molecule has 8 heteroatoms. The standard InChI is InChI=1S/C19H14F3N3O2/c20-19(21,22)18(27)24-15-7-5-14(6-8-15)23-17(26)13-3-9-16(10-4-13)25-11-1-2-12-25/h1-12H,(H,23,26)(H,24,27). The molecule has 0 fully saturated rings. The predicted molar refractivity (Wildman–Crippen MR) is 94.8 cm³/mol. The molecule has 0 aliphatic heterocycles. The zero-order valence-electron chi connectivity index (χ0n) is 13.8. The van der Waals surface area contributed by atoms with E-state index in [1.165, 1.54) is 24.3 Å². The van der Waals surface area contributed by atoms with Crippen LogP contribution in [0.1, 0.15) is 10.4 Å². The molecule has 3 aromatic rings. The first-order chi connectivity index (χ1) is 12.8. The zero-order chi connectivity index (χ0) is 19.4. The highest BCUT2D eigenvalue weighted by Gasteiger charge is 2.38. The largest absolute Gasteiger partial charge is 0.471 e. The van der Waals surface area contributed by atoms with Crippen LogP contribution in [-0.2, 0) is 4.79 Å². The van der Waals surface area contributed by atoms with Crippen LogP contribution in [0.25, 0.3) is 5.69 Å². The van der Waals surface area contributed by atoms with Crippen LogP contribution in [0.15, 0.2) is 73.1 Å². The third kappa shape index (κ3) is 4.55. The number of hydrogen-bond acceptors (Lipinski definition) is 2. The summed E-state index contributed by atoms with van der Waals surface area (Å²) in [6, 6.07) is 16.1. The Morgan fingerprint density at radius 2 is 1.30 bits per heavy atom. The molecule has 0 bridgehead atoms. The van der Waals surface area contributed by atoms with Gasteiger partial charge >= 0.3 is 12.1 Å². The molecule has 1 heterocycles. The fraction of sp³-hybridized carbons (Fsp3) is 0.0526. The molecule has 2 aromatic carbocycles. The molecule has 27 heavy (non-hydrogen) atoms. The maximum Gasteiger partial charge on any atom is 0.471 e. The topological polar surface area (TPSA) is 63.1 Å². The summed E-state index contributed by atoms with van der Waals surface area (Å²) in [5.74, 6) is -2.41. The highest BCUT2D eigenvalue weighted by atomic mass is 19.4. The van der Waals surface area contributed by atoms with Crippen molar-refractivity contribution in [1.29, 1.82) is 0 Å². The SMILES string of the molecule is O=C(Nc1ccc(NC(=O)C(F)(F)F)cc1)c1ccc(-n2cccc2)cc1. The van der Waals surface area contributed by atoms with E-state index < -0.39 is 12.1 Å². The lowest BCUT2D eigenvalue weighted by Gasteiger charge is -2.10. The van der Waals surface area contributed by atoms with Crippen molar-refractivity contribution in [1.82, 2.24) is 4.57 Å². The number of anilines is 2.